The fraction of sp³-hybridized carbons (Fsp3) is 0.364. The molecule has 0 aromatic heterocycles. The average molecular weight is 385 g/mol. The number of amides is 1. The van der Waals surface area contributed by atoms with Crippen LogP contribution in [0, 0.1) is 0 Å². The third kappa shape index (κ3) is 6.01. The molecule has 0 atom stereocenters. The lowest BCUT2D eigenvalue weighted by Crippen LogP contribution is -2.21. The Bertz CT molecular complexity index is 799. The lowest BCUT2D eigenvalue weighted by atomic mass is 10.0. The van der Waals surface area contributed by atoms with Gasteiger partial charge in [0, 0.05) is 11.8 Å². The van der Waals surface area contributed by atoms with Gasteiger partial charge in [-0.3, -0.25) is 4.79 Å². The summed E-state index contributed by atoms with van der Waals surface area (Å²) in [4.78, 5) is 24.2. The van der Waals surface area contributed by atoms with E-state index in [4.69, 9.17) is 14.2 Å². The van der Waals surface area contributed by atoms with Gasteiger partial charge < -0.3 is 19.5 Å². The summed E-state index contributed by atoms with van der Waals surface area (Å²) in [6.45, 7) is 8.53. The second-order valence-electron chi connectivity index (χ2n) is 6.43. The van der Waals surface area contributed by atoms with E-state index >= 15 is 0 Å². The van der Waals surface area contributed by atoms with Crippen LogP contribution < -0.4 is 14.8 Å². The van der Waals surface area contributed by atoms with Gasteiger partial charge in [0.2, 0.25) is 0 Å². The Morgan fingerprint density at radius 2 is 1.57 bits per heavy atom. The van der Waals surface area contributed by atoms with E-state index in [1.807, 2.05) is 26.0 Å². The van der Waals surface area contributed by atoms with E-state index in [9.17, 15) is 9.59 Å². The SMILES string of the molecule is CCOc1ccc(NC(=O)COC(=O)c2ccc(C(C)C)cc2)cc1OCC. The van der Waals surface area contributed by atoms with Crippen LogP contribution in [0.15, 0.2) is 42.5 Å². The summed E-state index contributed by atoms with van der Waals surface area (Å²) in [6.07, 6.45) is 0. The minimum atomic E-state index is -0.535. The third-order valence-corrected chi connectivity index (χ3v) is 3.97. The topological polar surface area (TPSA) is 73.9 Å². The zero-order chi connectivity index (χ0) is 20.5. The zero-order valence-corrected chi connectivity index (χ0v) is 16.8. The molecule has 150 valence electrons. The highest BCUT2D eigenvalue weighted by Gasteiger charge is 2.12. The van der Waals surface area contributed by atoms with Gasteiger partial charge in [-0.25, -0.2) is 4.79 Å². The maximum atomic E-state index is 12.1. The molecule has 0 aliphatic carbocycles. The summed E-state index contributed by atoms with van der Waals surface area (Å²) in [7, 11) is 0. The van der Waals surface area contributed by atoms with Crippen LogP contribution in [0.5, 0.6) is 11.5 Å². The largest absolute Gasteiger partial charge is 0.490 e. The average Bonchev–Trinajstić information content (AvgIpc) is 2.68. The van der Waals surface area contributed by atoms with Gasteiger partial charge in [0.15, 0.2) is 18.1 Å². The number of anilines is 1. The van der Waals surface area contributed by atoms with E-state index in [-0.39, 0.29) is 6.61 Å². The van der Waals surface area contributed by atoms with Crippen LogP contribution in [0.2, 0.25) is 0 Å². The first-order chi connectivity index (χ1) is 13.4. The number of hydrogen-bond donors (Lipinski definition) is 1. The summed E-state index contributed by atoms with van der Waals surface area (Å²) in [5.74, 6) is 0.570. The van der Waals surface area contributed by atoms with Crippen molar-refractivity contribution in [1.82, 2.24) is 0 Å². The molecule has 0 aliphatic rings. The van der Waals surface area contributed by atoms with E-state index in [0.29, 0.717) is 41.9 Å². The standard InChI is InChI=1S/C22H27NO5/c1-5-26-19-12-11-18(13-20(19)27-6-2)23-21(24)14-28-22(25)17-9-7-16(8-10-17)15(3)4/h7-13,15H,5-6,14H2,1-4H3,(H,23,24). The number of hydrogen-bond acceptors (Lipinski definition) is 5. The Morgan fingerprint density at radius 3 is 2.18 bits per heavy atom. The predicted octanol–water partition coefficient (Wildman–Crippen LogP) is 4.40. The van der Waals surface area contributed by atoms with Crippen molar-refractivity contribution >= 4 is 17.6 Å². The highest BCUT2D eigenvalue weighted by Crippen LogP contribution is 2.30. The molecule has 0 heterocycles. The number of benzene rings is 2. The molecule has 0 unspecified atom stereocenters. The fourth-order valence-electron chi connectivity index (χ4n) is 2.54. The number of ether oxygens (including phenoxy) is 3. The summed E-state index contributed by atoms with van der Waals surface area (Å²) in [5, 5.41) is 2.69. The van der Waals surface area contributed by atoms with E-state index < -0.39 is 11.9 Å². The molecule has 2 aromatic rings. The van der Waals surface area contributed by atoms with Crippen LogP contribution in [0.3, 0.4) is 0 Å². The van der Waals surface area contributed by atoms with Gasteiger partial charge in [0.1, 0.15) is 0 Å². The Hall–Kier alpha value is -3.02. The van der Waals surface area contributed by atoms with E-state index in [1.165, 1.54) is 0 Å². The van der Waals surface area contributed by atoms with Crippen molar-refractivity contribution < 1.29 is 23.8 Å². The molecule has 0 saturated carbocycles. The first-order valence-electron chi connectivity index (χ1n) is 9.41. The molecule has 28 heavy (non-hydrogen) atoms. The number of rotatable bonds is 9. The summed E-state index contributed by atoms with van der Waals surface area (Å²) in [6, 6.07) is 12.3. The lowest BCUT2D eigenvalue weighted by Gasteiger charge is -2.13. The van der Waals surface area contributed by atoms with Gasteiger partial charge in [0.05, 0.1) is 18.8 Å². The van der Waals surface area contributed by atoms with Crippen LogP contribution in [-0.4, -0.2) is 31.7 Å². The van der Waals surface area contributed by atoms with Crippen molar-refractivity contribution in [3.63, 3.8) is 0 Å². The molecule has 0 radical (unpaired) electrons. The Kier molecular flexibility index (Phi) is 7.87. The first-order valence-corrected chi connectivity index (χ1v) is 9.41. The van der Waals surface area contributed by atoms with Gasteiger partial charge in [-0.2, -0.15) is 0 Å². The summed E-state index contributed by atoms with van der Waals surface area (Å²) >= 11 is 0. The predicted molar refractivity (Wildman–Crippen MR) is 108 cm³/mol. The molecule has 0 saturated heterocycles. The summed E-state index contributed by atoms with van der Waals surface area (Å²) in [5.41, 5.74) is 2.08. The van der Waals surface area contributed by atoms with Crippen LogP contribution in [0.1, 0.15) is 49.5 Å². The Labute approximate surface area is 165 Å². The van der Waals surface area contributed by atoms with Crippen molar-refractivity contribution in [3.8, 4) is 11.5 Å². The van der Waals surface area contributed by atoms with Crippen LogP contribution in [-0.2, 0) is 9.53 Å². The van der Waals surface area contributed by atoms with Crippen LogP contribution in [0.4, 0.5) is 5.69 Å². The highest BCUT2D eigenvalue weighted by atomic mass is 16.5. The molecular formula is C22H27NO5. The number of nitrogens with one attached hydrogen (secondary N) is 1. The van der Waals surface area contributed by atoms with Crippen molar-refractivity contribution in [2.45, 2.75) is 33.6 Å². The molecule has 6 heteroatoms. The monoisotopic (exact) mass is 385 g/mol. The van der Waals surface area contributed by atoms with Crippen molar-refractivity contribution in [2.24, 2.45) is 0 Å². The molecule has 6 nitrogen and oxygen atoms in total. The van der Waals surface area contributed by atoms with Crippen LogP contribution in [0.25, 0.3) is 0 Å². The molecule has 1 N–H and O–H groups in total. The highest BCUT2D eigenvalue weighted by molar-refractivity contribution is 5.95. The number of carbonyl (C=O) groups excluding carboxylic acids is 2. The van der Waals surface area contributed by atoms with E-state index in [0.717, 1.165) is 5.56 Å². The van der Waals surface area contributed by atoms with Gasteiger partial charge in [-0.05, 0) is 49.6 Å². The van der Waals surface area contributed by atoms with Gasteiger partial charge >= 0.3 is 5.97 Å². The maximum Gasteiger partial charge on any atom is 0.338 e. The normalized spacial score (nSPS) is 10.5. The Balaban J connectivity index is 1.92. The minimum absolute atomic E-state index is 0.373. The smallest absolute Gasteiger partial charge is 0.338 e. The second-order valence-corrected chi connectivity index (χ2v) is 6.43. The van der Waals surface area contributed by atoms with Crippen molar-refractivity contribution in [3.05, 3.63) is 53.6 Å². The zero-order valence-electron chi connectivity index (χ0n) is 16.8. The van der Waals surface area contributed by atoms with E-state index in [2.05, 4.69) is 19.2 Å². The Morgan fingerprint density at radius 1 is 0.929 bits per heavy atom. The van der Waals surface area contributed by atoms with Crippen LogP contribution >= 0.6 is 0 Å². The van der Waals surface area contributed by atoms with Gasteiger partial charge in [-0.1, -0.05) is 26.0 Å². The van der Waals surface area contributed by atoms with Gasteiger partial charge in [0.25, 0.3) is 5.91 Å². The molecule has 0 fully saturated rings. The van der Waals surface area contributed by atoms with Crippen molar-refractivity contribution in [1.29, 1.82) is 0 Å². The van der Waals surface area contributed by atoms with Gasteiger partial charge in [-0.15, -0.1) is 0 Å². The second kappa shape index (κ2) is 10.3. The molecule has 0 aliphatic heterocycles. The molecule has 2 aromatic carbocycles. The molecule has 1 amide bonds. The lowest BCUT2D eigenvalue weighted by molar-refractivity contribution is -0.119. The first kappa shape index (κ1) is 21.3. The van der Waals surface area contributed by atoms with Crippen molar-refractivity contribution in [2.75, 3.05) is 25.1 Å². The molecule has 2 rings (SSSR count). The molecular weight excluding hydrogens is 358 g/mol. The van der Waals surface area contributed by atoms with E-state index in [1.54, 1.807) is 30.3 Å². The minimum Gasteiger partial charge on any atom is -0.490 e. The molecule has 0 bridgehead atoms. The quantitative estimate of drug-likeness (QED) is 0.648. The number of carbonyl (C=O) groups is 2. The molecule has 0 spiro atoms. The summed E-state index contributed by atoms with van der Waals surface area (Å²) < 4.78 is 16.1. The fourth-order valence-corrected chi connectivity index (χ4v) is 2.54. The maximum absolute atomic E-state index is 12.1. The number of esters is 1. The third-order valence-electron chi connectivity index (χ3n) is 3.97.